The van der Waals surface area contributed by atoms with Crippen molar-refractivity contribution in [2.75, 3.05) is 18.5 Å². The number of aryl methyl sites for hydroxylation is 1. The second kappa shape index (κ2) is 7.92. The Bertz CT molecular complexity index is 809. The molecule has 1 aromatic carbocycles. The van der Waals surface area contributed by atoms with Gasteiger partial charge in [0, 0.05) is 0 Å². The number of fused-ring (bicyclic) bond motifs is 1. The highest BCUT2D eigenvalue weighted by Gasteiger charge is 2.47. The van der Waals surface area contributed by atoms with E-state index in [1.165, 1.54) is 0 Å². The van der Waals surface area contributed by atoms with E-state index in [0.29, 0.717) is 23.6 Å². The first-order valence-electron chi connectivity index (χ1n) is 8.58. The molecule has 7 nitrogen and oxygen atoms in total. The van der Waals surface area contributed by atoms with E-state index in [4.69, 9.17) is 16.3 Å². The number of esters is 1. The highest BCUT2D eigenvalue weighted by atomic mass is 35.5. The van der Waals surface area contributed by atoms with Crippen molar-refractivity contribution >= 4 is 41.0 Å². The number of ether oxygens (including phenoxy) is 1. The van der Waals surface area contributed by atoms with Gasteiger partial charge in [-0.05, 0) is 37.5 Å². The number of hydrogen-bond acceptors (Lipinski definition) is 5. The average molecular weight is 391 g/mol. The lowest BCUT2D eigenvalue weighted by molar-refractivity contribution is -0.154. The number of rotatable bonds is 5. The number of allylic oxidation sites excluding steroid dienone is 2. The number of imide groups is 1. The van der Waals surface area contributed by atoms with Crippen molar-refractivity contribution < 1.29 is 23.9 Å². The average Bonchev–Trinajstić information content (AvgIpc) is 2.88. The molecule has 1 N–H and O–H groups in total. The van der Waals surface area contributed by atoms with Gasteiger partial charge in [-0.25, -0.2) is 0 Å². The SMILES string of the molecule is Cc1ccc(NC(=O)COC(=O)CN2C(=O)[C@H]3CC=CC[C@@H]3C2=O)c(Cl)c1. The fourth-order valence-electron chi connectivity index (χ4n) is 3.25. The summed E-state index contributed by atoms with van der Waals surface area (Å²) in [5.41, 5.74) is 1.35. The molecule has 142 valence electrons. The van der Waals surface area contributed by atoms with Gasteiger partial charge in [-0.15, -0.1) is 0 Å². The molecule has 0 radical (unpaired) electrons. The molecule has 0 spiro atoms. The topological polar surface area (TPSA) is 92.8 Å². The molecule has 0 aromatic heterocycles. The number of halogens is 1. The lowest BCUT2D eigenvalue weighted by atomic mass is 9.85. The summed E-state index contributed by atoms with van der Waals surface area (Å²) in [5, 5.41) is 2.91. The molecule has 2 aliphatic rings. The monoisotopic (exact) mass is 390 g/mol. The van der Waals surface area contributed by atoms with Crippen LogP contribution < -0.4 is 5.32 Å². The van der Waals surface area contributed by atoms with Crippen LogP contribution in [0.2, 0.25) is 5.02 Å². The molecule has 1 heterocycles. The fraction of sp³-hybridized carbons (Fsp3) is 0.368. The molecular formula is C19H19ClN2O5. The molecule has 3 amide bonds. The zero-order valence-electron chi connectivity index (χ0n) is 14.7. The van der Waals surface area contributed by atoms with Gasteiger partial charge in [-0.2, -0.15) is 0 Å². The smallest absolute Gasteiger partial charge is 0.326 e. The van der Waals surface area contributed by atoms with Crippen LogP contribution in [0.15, 0.2) is 30.4 Å². The van der Waals surface area contributed by atoms with E-state index in [-0.39, 0.29) is 11.8 Å². The number of anilines is 1. The number of nitrogens with one attached hydrogen (secondary N) is 1. The summed E-state index contributed by atoms with van der Waals surface area (Å²) in [5.74, 6) is -2.89. The Kier molecular flexibility index (Phi) is 5.60. The van der Waals surface area contributed by atoms with Gasteiger partial charge in [0.05, 0.1) is 22.5 Å². The van der Waals surface area contributed by atoms with Crippen LogP contribution in [0.4, 0.5) is 5.69 Å². The molecule has 1 fully saturated rings. The highest BCUT2D eigenvalue weighted by Crippen LogP contribution is 2.34. The summed E-state index contributed by atoms with van der Waals surface area (Å²) < 4.78 is 4.90. The maximum atomic E-state index is 12.3. The third kappa shape index (κ3) is 4.19. The van der Waals surface area contributed by atoms with Crippen molar-refractivity contribution in [3.63, 3.8) is 0 Å². The number of carbonyl (C=O) groups is 4. The number of amides is 3. The van der Waals surface area contributed by atoms with Crippen LogP contribution in [0.3, 0.4) is 0 Å². The lowest BCUT2D eigenvalue weighted by Crippen LogP contribution is -2.37. The van der Waals surface area contributed by atoms with Crippen LogP contribution in [0, 0.1) is 18.8 Å². The zero-order valence-corrected chi connectivity index (χ0v) is 15.5. The third-order valence-electron chi connectivity index (χ3n) is 4.65. The molecule has 1 aliphatic carbocycles. The Morgan fingerprint density at radius 2 is 1.81 bits per heavy atom. The van der Waals surface area contributed by atoms with Gasteiger partial charge >= 0.3 is 5.97 Å². The number of hydrogen-bond donors (Lipinski definition) is 1. The maximum absolute atomic E-state index is 12.3. The summed E-state index contributed by atoms with van der Waals surface area (Å²) >= 11 is 6.03. The zero-order chi connectivity index (χ0) is 19.6. The molecule has 0 bridgehead atoms. The van der Waals surface area contributed by atoms with Gasteiger partial charge in [0.25, 0.3) is 5.91 Å². The van der Waals surface area contributed by atoms with Crippen LogP contribution in [0.1, 0.15) is 18.4 Å². The Hall–Kier alpha value is -2.67. The predicted octanol–water partition coefficient (Wildman–Crippen LogP) is 2.08. The summed E-state index contributed by atoms with van der Waals surface area (Å²) in [6.45, 7) is 0.850. The lowest BCUT2D eigenvalue weighted by Gasteiger charge is -2.14. The van der Waals surface area contributed by atoms with E-state index < -0.39 is 36.9 Å². The van der Waals surface area contributed by atoms with Gasteiger partial charge in [-0.3, -0.25) is 24.1 Å². The number of carbonyl (C=O) groups excluding carboxylic acids is 4. The van der Waals surface area contributed by atoms with Gasteiger partial charge < -0.3 is 10.1 Å². The third-order valence-corrected chi connectivity index (χ3v) is 4.96. The number of nitrogens with zero attached hydrogens (tertiary/aromatic N) is 1. The fourth-order valence-corrected chi connectivity index (χ4v) is 3.54. The van der Waals surface area contributed by atoms with Gasteiger partial charge in [0.1, 0.15) is 6.54 Å². The van der Waals surface area contributed by atoms with Crippen molar-refractivity contribution in [3.8, 4) is 0 Å². The summed E-state index contributed by atoms with van der Waals surface area (Å²) in [6, 6.07) is 5.13. The minimum absolute atomic E-state index is 0.359. The predicted molar refractivity (Wildman–Crippen MR) is 97.9 cm³/mol. The Labute approximate surface area is 161 Å². The standard InChI is InChI=1S/C19H19ClN2O5/c1-11-6-7-15(14(20)8-11)21-16(23)10-27-17(24)9-22-18(25)12-4-2-3-5-13(12)19(22)26/h2-3,6-8,12-13H,4-5,9-10H2,1H3,(H,21,23)/t12-,13-/m0/s1. The largest absolute Gasteiger partial charge is 0.454 e. The van der Waals surface area contributed by atoms with Crippen LogP contribution in [0.25, 0.3) is 0 Å². The van der Waals surface area contributed by atoms with Crippen LogP contribution in [0.5, 0.6) is 0 Å². The molecule has 1 aromatic rings. The van der Waals surface area contributed by atoms with Gasteiger partial charge in [0.15, 0.2) is 6.61 Å². The van der Waals surface area contributed by atoms with E-state index >= 15 is 0 Å². The summed E-state index contributed by atoms with van der Waals surface area (Å²) in [4.78, 5) is 49.4. The second-order valence-corrected chi connectivity index (χ2v) is 7.02. The summed E-state index contributed by atoms with van der Waals surface area (Å²) in [6.07, 6.45) is 4.74. The molecule has 0 saturated carbocycles. The quantitative estimate of drug-likeness (QED) is 0.472. The highest BCUT2D eigenvalue weighted by molar-refractivity contribution is 6.33. The van der Waals surface area contributed by atoms with E-state index in [9.17, 15) is 19.2 Å². The molecule has 3 rings (SSSR count). The first kappa shape index (κ1) is 19.1. The van der Waals surface area contributed by atoms with E-state index in [2.05, 4.69) is 5.32 Å². The first-order valence-corrected chi connectivity index (χ1v) is 8.96. The first-order chi connectivity index (χ1) is 12.9. The van der Waals surface area contributed by atoms with Crippen LogP contribution in [-0.2, 0) is 23.9 Å². The van der Waals surface area contributed by atoms with Crippen LogP contribution >= 0.6 is 11.6 Å². The molecule has 1 aliphatic heterocycles. The molecule has 8 heteroatoms. The Balaban J connectivity index is 1.50. The molecular weight excluding hydrogens is 372 g/mol. The van der Waals surface area contributed by atoms with Crippen molar-refractivity contribution in [2.45, 2.75) is 19.8 Å². The molecule has 1 saturated heterocycles. The molecule has 0 unspecified atom stereocenters. The maximum Gasteiger partial charge on any atom is 0.326 e. The summed E-state index contributed by atoms with van der Waals surface area (Å²) in [7, 11) is 0. The molecule has 2 atom stereocenters. The minimum Gasteiger partial charge on any atom is -0.454 e. The van der Waals surface area contributed by atoms with Crippen molar-refractivity contribution in [3.05, 3.63) is 40.9 Å². The van der Waals surface area contributed by atoms with Crippen molar-refractivity contribution in [1.82, 2.24) is 4.90 Å². The van der Waals surface area contributed by atoms with Crippen molar-refractivity contribution in [2.24, 2.45) is 11.8 Å². The van der Waals surface area contributed by atoms with E-state index in [1.807, 2.05) is 19.1 Å². The Morgan fingerprint density at radius 3 is 2.41 bits per heavy atom. The van der Waals surface area contributed by atoms with E-state index in [1.54, 1.807) is 18.2 Å². The number of benzene rings is 1. The van der Waals surface area contributed by atoms with Crippen molar-refractivity contribution in [1.29, 1.82) is 0 Å². The second-order valence-electron chi connectivity index (χ2n) is 6.61. The normalized spacial score (nSPS) is 21.2. The minimum atomic E-state index is -0.812. The number of likely N-dealkylation sites (tertiary alicyclic amines) is 1. The van der Waals surface area contributed by atoms with Gasteiger partial charge in [0.2, 0.25) is 11.8 Å². The van der Waals surface area contributed by atoms with Gasteiger partial charge in [-0.1, -0.05) is 29.8 Å². The van der Waals surface area contributed by atoms with E-state index in [0.717, 1.165) is 10.5 Å². The van der Waals surface area contributed by atoms with Crippen LogP contribution in [-0.4, -0.2) is 41.7 Å². The Morgan fingerprint density at radius 1 is 1.19 bits per heavy atom. The molecule has 27 heavy (non-hydrogen) atoms.